The number of alkyl halides is 3. The second kappa shape index (κ2) is 8.03. The fourth-order valence-corrected chi connectivity index (χ4v) is 2.90. The van der Waals surface area contributed by atoms with Gasteiger partial charge in [-0.15, -0.1) is 0 Å². The van der Waals surface area contributed by atoms with Crippen LogP contribution in [-0.2, 0) is 4.79 Å². The van der Waals surface area contributed by atoms with Crippen LogP contribution >= 0.6 is 11.6 Å². The largest absolute Gasteiger partial charge is 0.492 e. The van der Waals surface area contributed by atoms with Gasteiger partial charge in [0.05, 0.1) is 23.5 Å². The van der Waals surface area contributed by atoms with E-state index < -0.39 is 43.1 Å². The SMILES string of the molecule is CCCOc1ccc(NC(=O)N2C[C@@H](C(F)(F)F)[C@H](C(=O)O)C2)cc1Cl. The van der Waals surface area contributed by atoms with Crippen molar-refractivity contribution in [1.82, 2.24) is 4.90 Å². The fourth-order valence-electron chi connectivity index (χ4n) is 2.66. The van der Waals surface area contributed by atoms with E-state index in [1.165, 1.54) is 18.2 Å². The first-order valence-electron chi connectivity index (χ1n) is 7.91. The Hall–Kier alpha value is -2.16. The summed E-state index contributed by atoms with van der Waals surface area (Å²) in [4.78, 5) is 24.1. The topological polar surface area (TPSA) is 78.9 Å². The molecule has 6 nitrogen and oxygen atoms in total. The van der Waals surface area contributed by atoms with Crippen molar-refractivity contribution in [2.24, 2.45) is 11.8 Å². The molecule has 0 spiro atoms. The number of anilines is 1. The van der Waals surface area contributed by atoms with Gasteiger partial charge in [-0.25, -0.2) is 4.79 Å². The smallest absolute Gasteiger partial charge is 0.394 e. The maximum atomic E-state index is 13.0. The molecule has 2 atom stereocenters. The van der Waals surface area contributed by atoms with E-state index in [1.807, 2.05) is 6.92 Å². The van der Waals surface area contributed by atoms with Gasteiger partial charge in [-0.3, -0.25) is 4.79 Å². The lowest BCUT2D eigenvalue weighted by Gasteiger charge is -2.19. The Bertz CT molecular complexity index is 684. The maximum absolute atomic E-state index is 13.0. The van der Waals surface area contributed by atoms with Crippen LogP contribution in [0.15, 0.2) is 18.2 Å². The first-order chi connectivity index (χ1) is 12.1. The van der Waals surface area contributed by atoms with Gasteiger partial charge < -0.3 is 20.1 Å². The van der Waals surface area contributed by atoms with Crippen LogP contribution in [0, 0.1) is 11.8 Å². The van der Waals surface area contributed by atoms with Crippen LogP contribution in [0.3, 0.4) is 0 Å². The van der Waals surface area contributed by atoms with Crippen LogP contribution in [0.4, 0.5) is 23.7 Å². The van der Waals surface area contributed by atoms with E-state index in [0.29, 0.717) is 12.4 Å². The molecule has 1 aromatic rings. The third kappa shape index (κ3) is 4.72. The van der Waals surface area contributed by atoms with E-state index in [0.717, 1.165) is 11.3 Å². The van der Waals surface area contributed by atoms with Gasteiger partial charge in [0.25, 0.3) is 0 Å². The van der Waals surface area contributed by atoms with E-state index in [2.05, 4.69) is 5.32 Å². The molecule has 0 saturated carbocycles. The van der Waals surface area contributed by atoms with Crippen LogP contribution in [0.25, 0.3) is 0 Å². The first-order valence-corrected chi connectivity index (χ1v) is 8.29. The lowest BCUT2D eigenvalue weighted by molar-refractivity contribution is -0.187. The van der Waals surface area contributed by atoms with Crippen molar-refractivity contribution in [3.05, 3.63) is 23.2 Å². The molecule has 2 amide bonds. The molecule has 1 heterocycles. The summed E-state index contributed by atoms with van der Waals surface area (Å²) in [5, 5.41) is 11.7. The zero-order valence-corrected chi connectivity index (χ0v) is 14.6. The number of aliphatic carboxylic acids is 1. The Morgan fingerprint density at radius 2 is 2.08 bits per heavy atom. The second-order valence-electron chi connectivity index (χ2n) is 5.92. The molecule has 1 aliphatic heterocycles. The van der Waals surface area contributed by atoms with Crippen LogP contribution in [0.1, 0.15) is 13.3 Å². The quantitative estimate of drug-likeness (QED) is 0.795. The maximum Gasteiger partial charge on any atom is 0.394 e. The summed E-state index contributed by atoms with van der Waals surface area (Å²) in [6.07, 6.45) is -3.91. The van der Waals surface area contributed by atoms with Crippen molar-refractivity contribution in [3.63, 3.8) is 0 Å². The Morgan fingerprint density at radius 3 is 2.58 bits per heavy atom. The molecule has 0 unspecified atom stereocenters. The number of nitrogens with zero attached hydrogens (tertiary/aromatic N) is 1. The molecule has 10 heteroatoms. The molecule has 0 radical (unpaired) electrons. The Morgan fingerprint density at radius 1 is 1.38 bits per heavy atom. The molecular weight excluding hydrogens is 377 g/mol. The van der Waals surface area contributed by atoms with E-state index in [1.54, 1.807) is 0 Å². The zero-order valence-electron chi connectivity index (χ0n) is 13.8. The Labute approximate surface area is 152 Å². The molecule has 1 aliphatic rings. The summed E-state index contributed by atoms with van der Waals surface area (Å²) in [5.41, 5.74) is 0.270. The number of carbonyl (C=O) groups excluding carboxylic acids is 1. The summed E-state index contributed by atoms with van der Waals surface area (Å²) >= 11 is 6.04. The number of carboxylic acids is 1. The average molecular weight is 395 g/mol. The van der Waals surface area contributed by atoms with Crippen LogP contribution in [0.5, 0.6) is 5.75 Å². The number of amides is 2. The van der Waals surface area contributed by atoms with Gasteiger partial charge in [0, 0.05) is 18.8 Å². The molecule has 0 aromatic heterocycles. The highest BCUT2D eigenvalue weighted by Gasteiger charge is 2.53. The van der Waals surface area contributed by atoms with E-state index in [-0.39, 0.29) is 10.7 Å². The third-order valence-electron chi connectivity index (χ3n) is 3.99. The highest BCUT2D eigenvalue weighted by molar-refractivity contribution is 6.32. The average Bonchev–Trinajstić information content (AvgIpc) is 3.00. The summed E-state index contributed by atoms with van der Waals surface area (Å²) < 4.78 is 44.3. The number of urea groups is 1. The van der Waals surface area contributed by atoms with Crippen LogP contribution in [0.2, 0.25) is 5.02 Å². The number of nitrogens with one attached hydrogen (secondary N) is 1. The van der Waals surface area contributed by atoms with Crippen molar-refractivity contribution >= 4 is 29.3 Å². The van der Waals surface area contributed by atoms with Gasteiger partial charge >= 0.3 is 18.2 Å². The van der Waals surface area contributed by atoms with Crippen molar-refractivity contribution in [3.8, 4) is 5.75 Å². The number of carbonyl (C=O) groups is 2. The Kier molecular flexibility index (Phi) is 6.22. The van der Waals surface area contributed by atoms with Crippen molar-refractivity contribution in [2.45, 2.75) is 19.5 Å². The number of likely N-dealkylation sites (tertiary alicyclic amines) is 1. The molecule has 26 heavy (non-hydrogen) atoms. The van der Waals surface area contributed by atoms with E-state index in [4.69, 9.17) is 21.4 Å². The van der Waals surface area contributed by atoms with Gasteiger partial charge in [0.1, 0.15) is 5.75 Å². The second-order valence-corrected chi connectivity index (χ2v) is 6.33. The third-order valence-corrected chi connectivity index (χ3v) is 4.28. The number of carboxylic acid groups (broad SMARTS) is 1. The fraction of sp³-hybridized carbons (Fsp3) is 0.500. The molecule has 1 saturated heterocycles. The van der Waals surface area contributed by atoms with Gasteiger partial charge in [0.2, 0.25) is 0 Å². The van der Waals surface area contributed by atoms with Crippen molar-refractivity contribution < 1.29 is 32.6 Å². The minimum Gasteiger partial charge on any atom is -0.492 e. The number of hydrogen-bond acceptors (Lipinski definition) is 3. The van der Waals surface area contributed by atoms with E-state index in [9.17, 15) is 22.8 Å². The number of hydrogen-bond donors (Lipinski definition) is 2. The van der Waals surface area contributed by atoms with Crippen LogP contribution in [-0.4, -0.2) is 47.9 Å². The number of ether oxygens (including phenoxy) is 1. The number of rotatable bonds is 5. The highest BCUT2D eigenvalue weighted by Crippen LogP contribution is 2.38. The summed E-state index contributed by atoms with van der Waals surface area (Å²) in [6.45, 7) is 1.17. The predicted octanol–water partition coefficient (Wildman–Crippen LogP) is 3.86. The van der Waals surface area contributed by atoms with Crippen molar-refractivity contribution in [2.75, 3.05) is 25.0 Å². The number of halogens is 4. The summed E-state index contributed by atoms with van der Waals surface area (Å²) in [6, 6.07) is 3.63. The van der Waals surface area contributed by atoms with Gasteiger partial charge in [-0.2, -0.15) is 13.2 Å². The zero-order chi connectivity index (χ0) is 19.5. The van der Waals surface area contributed by atoms with Crippen molar-refractivity contribution in [1.29, 1.82) is 0 Å². The van der Waals surface area contributed by atoms with Crippen LogP contribution < -0.4 is 10.1 Å². The van der Waals surface area contributed by atoms with E-state index >= 15 is 0 Å². The first kappa shape index (κ1) is 20.2. The minimum atomic E-state index is -4.69. The number of benzene rings is 1. The summed E-state index contributed by atoms with van der Waals surface area (Å²) in [5.74, 6) is -4.94. The predicted molar refractivity (Wildman–Crippen MR) is 88.5 cm³/mol. The van der Waals surface area contributed by atoms with Gasteiger partial charge in [-0.1, -0.05) is 18.5 Å². The minimum absolute atomic E-state index is 0.245. The summed E-state index contributed by atoms with van der Waals surface area (Å²) in [7, 11) is 0. The molecule has 0 bridgehead atoms. The highest BCUT2D eigenvalue weighted by atomic mass is 35.5. The standard InChI is InChI=1S/C16H18ClF3N2O4/c1-2-5-26-13-4-3-9(6-12(13)17)21-15(25)22-7-10(14(23)24)11(8-22)16(18,19)20/h3-4,6,10-11H,2,5,7-8H2,1H3,(H,21,25)(H,23,24)/t10-,11-/m1/s1. The molecule has 2 rings (SSSR count). The Balaban J connectivity index is 2.06. The molecule has 144 valence electrons. The monoisotopic (exact) mass is 394 g/mol. The lowest BCUT2D eigenvalue weighted by Crippen LogP contribution is -2.35. The van der Waals surface area contributed by atoms with Gasteiger partial charge in [-0.05, 0) is 24.6 Å². The molecular formula is C16H18ClF3N2O4. The normalized spacial score (nSPS) is 20.1. The molecule has 1 aromatic carbocycles. The molecule has 2 N–H and O–H groups in total. The molecule has 0 aliphatic carbocycles. The van der Waals surface area contributed by atoms with Gasteiger partial charge in [0.15, 0.2) is 0 Å². The molecule has 1 fully saturated rings. The lowest BCUT2D eigenvalue weighted by atomic mass is 9.96.